The molecule has 1 unspecified atom stereocenters. The second kappa shape index (κ2) is 4.39. The predicted molar refractivity (Wildman–Crippen MR) is 51.0 cm³/mol. The quantitative estimate of drug-likeness (QED) is 0.609. The summed E-state index contributed by atoms with van der Waals surface area (Å²) in [5, 5.41) is 2.05. The first kappa shape index (κ1) is 10.2. The molecule has 0 bridgehead atoms. The van der Waals surface area contributed by atoms with Gasteiger partial charge in [0.25, 0.3) is 0 Å². The number of amides is 1. The Kier molecular flexibility index (Phi) is 3.45. The van der Waals surface area contributed by atoms with E-state index >= 15 is 0 Å². The Morgan fingerprint density at radius 2 is 2.38 bits per heavy atom. The second-order valence-corrected chi connectivity index (χ2v) is 3.35. The molecule has 1 heterocycles. The topological polar surface area (TPSA) is 54.9 Å². The van der Waals surface area contributed by atoms with Crippen molar-refractivity contribution in [3.8, 4) is 0 Å². The highest BCUT2D eigenvalue weighted by Gasteiger charge is 2.10. The summed E-state index contributed by atoms with van der Waals surface area (Å²) in [4.78, 5) is 18.6. The monoisotopic (exact) mass is 219 g/mol. The lowest BCUT2D eigenvalue weighted by Gasteiger charge is -2.03. The van der Waals surface area contributed by atoms with E-state index < -0.39 is 5.38 Å². The third kappa shape index (κ3) is 3.16. The smallest absolute Gasteiger partial charge is 0.244 e. The zero-order chi connectivity index (χ0) is 9.84. The van der Waals surface area contributed by atoms with Crippen LogP contribution >= 0.6 is 23.2 Å². The highest BCUT2D eigenvalue weighted by atomic mass is 35.5. The summed E-state index contributed by atoms with van der Waals surface area (Å²) in [5.74, 6) is -0.200. The summed E-state index contributed by atoms with van der Waals surface area (Å²) >= 11 is 11.1. The van der Waals surface area contributed by atoms with Crippen molar-refractivity contribution < 1.29 is 4.79 Å². The summed E-state index contributed by atoms with van der Waals surface area (Å²) in [6.45, 7) is 1.56. The third-order valence-electron chi connectivity index (χ3n) is 1.22. The first-order valence-corrected chi connectivity index (χ1v) is 4.34. The van der Waals surface area contributed by atoms with Crippen LogP contribution in [0.1, 0.15) is 6.92 Å². The van der Waals surface area contributed by atoms with Gasteiger partial charge >= 0.3 is 0 Å². The van der Waals surface area contributed by atoms with E-state index in [1.807, 2.05) is 0 Å². The van der Waals surface area contributed by atoms with Crippen molar-refractivity contribution in [2.45, 2.75) is 12.3 Å². The van der Waals surface area contributed by atoms with Crippen molar-refractivity contribution in [3.05, 3.63) is 17.4 Å². The maximum atomic E-state index is 11.1. The van der Waals surface area contributed by atoms with Gasteiger partial charge in [0.05, 0.1) is 0 Å². The highest BCUT2D eigenvalue weighted by Crippen LogP contribution is 2.06. The fourth-order valence-corrected chi connectivity index (χ4v) is 0.797. The van der Waals surface area contributed by atoms with Crippen LogP contribution in [0.5, 0.6) is 0 Å². The highest BCUT2D eigenvalue weighted by molar-refractivity contribution is 6.32. The first-order chi connectivity index (χ1) is 6.09. The van der Waals surface area contributed by atoms with Crippen molar-refractivity contribution in [2.24, 2.45) is 0 Å². The van der Waals surface area contributed by atoms with Gasteiger partial charge in [-0.15, -0.1) is 11.6 Å². The van der Waals surface area contributed by atoms with Crippen LogP contribution in [-0.4, -0.2) is 21.3 Å². The lowest BCUT2D eigenvalue weighted by Crippen LogP contribution is -2.21. The normalized spacial score (nSPS) is 12.2. The lowest BCUT2D eigenvalue weighted by molar-refractivity contribution is -0.115. The molecule has 0 aliphatic heterocycles. The molecule has 1 aromatic heterocycles. The number of hydrogen-bond donors (Lipinski definition) is 1. The number of carbonyl (C=O) groups is 1. The molecule has 0 radical (unpaired) electrons. The van der Waals surface area contributed by atoms with Crippen LogP contribution in [0.3, 0.4) is 0 Å². The number of alkyl halides is 1. The van der Waals surface area contributed by atoms with Crippen molar-refractivity contribution in [1.82, 2.24) is 9.97 Å². The molecule has 1 atom stereocenters. The van der Waals surface area contributed by atoms with E-state index in [2.05, 4.69) is 15.3 Å². The maximum absolute atomic E-state index is 11.1. The Labute approximate surface area is 85.3 Å². The van der Waals surface area contributed by atoms with E-state index in [4.69, 9.17) is 23.2 Å². The summed E-state index contributed by atoms with van der Waals surface area (Å²) in [5.41, 5.74) is 0. The molecule has 1 rings (SSSR count). The summed E-state index contributed by atoms with van der Waals surface area (Å²) in [6, 6.07) is 1.52. The average molecular weight is 220 g/mol. The second-order valence-electron chi connectivity index (χ2n) is 2.31. The van der Waals surface area contributed by atoms with Gasteiger partial charge in [-0.25, -0.2) is 9.97 Å². The third-order valence-corrected chi connectivity index (χ3v) is 1.63. The number of aromatic nitrogens is 2. The first-order valence-electron chi connectivity index (χ1n) is 3.53. The number of carbonyl (C=O) groups excluding carboxylic acids is 1. The number of rotatable bonds is 2. The number of nitrogens with one attached hydrogen (secondary N) is 1. The minimum atomic E-state index is -0.623. The van der Waals surface area contributed by atoms with Gasteiger partial charge in [-0.3, -0.25) is 10.1 Å². The zero-order valence-corrected chi connectivity index (χ0v) is 8.30. The molecule has 0 aliphatic rings. The molecule has 0 aromatic carbocycles. The van der Waals surface area contributed by atoms with E-state index in [-0.39, 0.29) is 17.0 Å². The fraction of sp³-hybridized carbons (Fsp3) is 0.286. The molecule has 1 aromatic rings. The van der Waals surface area contributed by atoms with Crippen LogP contribution in [0.15, 0.2) is 12.3 Å². The standard InChI is InChI=1S/C7H7Cl2N3O/c1-4(8)6(13)12-7-10-3-2-5(9)11-7/h2-4H,1H3,(H,10,11,12,13). The van der Waals surface area contributed by atoms with Gasteiger partial charge in [0.15, 0.2) is 0 Å². The Hall–Kier alpha value is -0.870. The molecule has 6 heteroatoms. The van der Waals surface area contributed by atoms with E-state index in [1.54, 1.807) is 6.92 Å². The Morgan fingerprint density at radius 1 is 1.69 bits per heavy atom. The zero-order valence-electron chi connectivity index (χ0n) is 6.79. The van der Waals surface area contributed by atoms with Gasteiger partial charge < -0.3 is 0 Å². The minimum Gasteiger partial charge on any atom is -0.293 e. The molecule has 4 nitrogen and oxygen atoms in total. The van der Waals surface area contributed by atoms with Crippen LogP contribution in [0.25, 0.3) is 0 Å². The van der Waals surface area contributed by atoms with Crippen LogP contribution in [-0.2, 0) is 4.79 Å². The molecular formula is C7H7Cl2N3O. The van der Waals surface area contributed by atoms with E-state index in [0.29, 0.717) is 0 Å². The van der Waals surface area contributed by atoms with Crippen molar-refractivity contribution in [1.29, 1.82) is 0 Å². The molecule has 1 amide bonds. The molecular weight excluding hydrogens is 213 g/mol. The fourth-order valence-electron chi connectivity index (χ4n) is 0.607. The van der Waals surface area contributed by atoms with Crippen molar-refractivity contribution in [3.63, 3.8) is 0 Å². The minimum absolute atomic E-state index is 0.157. The summed E-state index contributed by atoms with van der Waals surface area (Å²) in [6.07, 6.45) is 1.45. The van der Waals surface area contributed by atoms with Crippen LogP contribution in [0.4, 0.5) is 5.95 Å². The SMILES string of the molecule is CC(Cl)C(=O)Nc1nccc(Cl)n1. The molecule has 0 saturated carbocycles. The maximum Gasteiger partial charge on any atom is 0.244 e. The van der Waals surface area contributed by atoms with Crippen LogP contribution in [0.2, 0.25) is 5.15 Å². The lowest BCUT2D eigenvalue weighted by atomic mass is 10.4. The molecule has 0 saturated heterocycles. The number of halogens is 2. The Morgan fingerprint density at radius 3 is 2.92 bits per heavy atom. The number of hydrogen-bond acceptors (Lipinski definition) is 3. The van der Waals surface area contributed by atoms with Gasteiger partial charge in [0.1, 0.15) is 10.5 Å². The van der Waals surface area contributed by atoms with Crippen LogP contribution in [0, 0.1) is 0 Å². The number of nitrogens with zero attached hydrogens (tertiary/aromatic N) is 2. The molecule has 13 heavy (non-hydrogen) atoms. The molecule has 0 spiro atoms. The average Bonchev–Trinajstić information content (AvgIpc) is 2.04. The largest absolute Gasteiger partial charge is 0.293 e. The molecule has 70 valence electrons. The van der Waals surface area contributed by atoms with E-state index in [1.165, 1.54) is 12.3 Å². The van der Waals surface area contributed by atoms with Gasteiger partial charge in [-0.05, 0) is 13.0 Å². The summed E-state index contributed by atoms with van der Waals surface area (Å²) in [7, 11) is 0. The van der Waals surface area contributed by atoms with E-state index in [9.17, 15) is 4.79 Å². The van der Waals surface area contributed by atoms with Gasteiger partial charge in [-0.1, -0.05) is 11.6 Å². The van der Waals surface area contributed by atoms with Gasteiger partial charge in [0.2, 0.25) is 11.9 Å². The van der Waals surface area contributed by atoms with Crippen molar-refractivity contribution >= 4 is 35.1 Å². The predicted octanol–water partition coefficient (Wildman–Crippen LogP) is 1.70. The Bertz CT molecular complexity index is 316. The molecule has 0 fully saturated rings. The van der Waals surface area contributed by atoms with E-state index in [0.717, 1.165) is 0 Å². The molecule has 0 aliphatic carbocycles. The summed E-state index contributed by atoms with van der Waals surface area (Å²) < 4.78 is 0. The molecule has 1 N–H and O–H groups in total. The Balaban J connectivity index is 2.69. The van der Waals surface area contributed by atoms with Crippen LogP contribution < -0.4 is 5.32 Å². The van der Waals surface area contributed by atoms with Gasteiger partial charge in [-0.2, -0.15) is 0 Å². The number of anilines is 1. The van der Waals surface area contributed by atoms with Gasteiger partial charge in [0, 0.05) is 6.20 Å². The van der Waals surface area contributed by atoms with Crippen molar-refractivity contribution in [2.75, 3.05) is 5.32 Å².